The molecule has 1 aromatic carbocycles. The zero-order valence-electron chi connectivity index (χ0n) is 15.2. The van der Waals surface area contributed by atoms with E-state index in [1.807, 2.05) is 23.5 Å². The van der Waals surface area contributed by atoms with E-state index in [1.54, 1.807) is 24.5 Å². The Morgan fingerprint density at radius 3 is 2.93 bits per heavy atom. The molecule has 3 heterocycles. The SMILES string of the molecule is CCc1nnc(SCC(=O)Nc2cc(Cl)ccc2OC)c2cc3occc3n12. The number of nitrogens with zero attached hydrogens (tertiary/aromatic N) is 3. The van der Waals surface area contributed by atoms with Gasteiger partial charge in [-0.15, -0.1) is 10.2 Å². The van der Waals surface area contributed by atoms with Crippen LogP contribution in [0.2, 0.25) is 5.02 Å². The van der Waals surface area contributed by atoms with Gasteiger partial charge in [0.15, 0.2) is 5.58 Å². The minimum atomic E-state index is -0.194. The highest BCUT2D eigenvalue weighted by molar-refractivity contribution is 8.00. The molecule has 7 nitrogen and oxygen atoms in total. The minimum Gasteiger partial charge on any atom is -0.495 e. The number of furan rings is 1. The Morgan fingerprint density at radius 1 is 1.29 bits per heavy atom. The molecule has 0 spiro atoms. The Kier molecular flexibility index (Phi) is 5.15. The smallest absolute Gasteiger partial charge is 0.234 e. The van der Waals surface area contributed by atoms with Gasteiger partial charge in [-0.1, -0.05) is 30.3 Å². The number of halogens is 1. The maximum absolute atomic E-state index is 12.4. The fraction of sp³-hybridized carbons (Fsp3) is 0.211. The molecule has 0 radical (unpaired) electrons. The van der Waals surface area contributed by atoms with Gasteiger partial charge in [0, 0.05) is 23.6 Å². The third-order valence-electron chi connectivity index (χ3n) is 4.25. The van der Waals surface area contributed by atoms with Gasteiger partial charge in [0.25, 0.3) is 0 Å². The Balaban J connectivity index is 1.56. The number of hydrogen-bond acceptors (Lipinski definition) is 6. The molecule has 9 heteroatoms. The van der Waals surface area contributed by atoms with Crippen molar-refractivity contribution in [3.05, 3.63) is 47.4 Å². The van der Waals surface area contributed by atoms with Crippen molar-refractivity contribution in [1.29, 1.82) is 0 Å². The Bertz CT molecular complexity index is 1170. The Labute approximate surface area is 170 Å². The van der Waals surface area contributed by atoms with E-state index in [2.05, 4.69) is 15.5 Å². The van der Waals surface area contributed by atoms with E-state index in [0.29, 0.717) is 21.5 Å². The summed E-state index contributed by atoms with van der Waals surface area (Å²) in [6.07, 6.45) is 2.38. The lowest BCUT2D eigenvalue weighted by Crippen LogP contribution is -2.15. The highest BCUT2D eigenvalue weighted by Gasteiger charge is 2.16. The van der Waals surface area contributed by atoms with Crippen LogP contribution >= 0.6 is 23.4 Å². The number of amides is 1. The predicted octanol–water partition coefficient (Wildman–Crippen LogP) is 4.43. The van der Waals surface area contributed by atoms with Crippen LogP contribution < -0.4 is 10.1 Å². The third-order valence-corrected chi connectivity index (χ3v) is 5.45. The highest BCUT2D eigenvalue weighted by Crippen LogP contribution is 2.30. The lowest BCUT2D eigenvalue weighted by Gasteiger charge is -2.11. The maximum atomic E-state index is 12.4. The van der Waals surface area contributed by atoms with Crippen molar-refractivity contribution in [3.63, 3.8) is 0 Å². The fourth-order valence-electron chi connectivity index (χ4n) is 2.99. The number of thioether (sulfide) groups is 1. The average molecular weight is 417 g/mol. The lowest BCUT2D eigenvalue weighted by atomic mass is 10.3. The van der Waals surface area contributed by atoms with Gasteiger partial charge in [0.1, 0.15) is 16.6 Å². The summed E-state index contributed by atoms with van der Waals surface area (Å²) in [6.45, 7) is 2.02. The van der Waals surface area contributed by atoms with Crippen molar-refractivity contribution >= 4 is 51.6 Å². The summed E-state index contributed by atoms with van der Waals surface area (Å²) in [6, 6.07) is 8.88. The van der Waals surface area contributed by atoms with Crippen molar-refractivity contribution in [3.8, 4) is 5.75 Å². The van der Waals surface area contributed by atoms with Crippen LogP contribution in [0.1, 0.15) is 12.7 Å². The van der Waals surface area contributed by atoms with Gasteiger partial charge >= 0.3 is 0 Å². The third kappa shape index (κ3) is 3.41. The highest BCUT2D eigenvalue weighted by atomic mass is 35.5. The summed E-state index contributed by atoms with van der Waals surface area (Å²) >= 11 is 7.32. The monoisotopic (exact) mass is 416 g/mol. The standard InChI is InChI=1S/C19H17ClN4O3S/c1-3-17-22-23-19(14-9-16-13(24(14)17)6-7-27-16)28-10-18(25)21-12-8-11(20)4-5-15(12)26-2/h4-9H,3,10H2,1-2H3,(H,21,25). The number of fused-ring (bicyclic) bond motifs is 3. The van der Waals surface area contributed by atoms with Crippen LogP contribution in [0.25, 0.3) is 16.6 Å². The summed E-state index contributed by atoms with van der Waals surface area (Å²) in [5, 5.41) is 12.6. The second-order valence-electron chi connectivity index (χ2n) is 5.99. The number of aromatic nitrogens is 3. The van der Waals surface area contributed by atoms with Crippen molar-refractivity contribution in [1.82, 2.24) is 14.6 Å². The molecule has 0 unspecified atom stereocenters. The maximum Gasteiger partial charge on any atom is 0.234 e. The molecule has 4 rings (SSSR count). The number of carbonyl (C=O) groups excluding carboxylic acids is 1. The number of carbonyl (C=O) groups is 1. The molecular formula is C19H17ClN4O3S. The van der Waals surface area contributed by atoms with Crippen LogP contribution in [0.4, 0.5) is 5.69 Å². The first-order chi connectivity index (χ1) is 13.6. The molecule has 0 bridgehead atoms. The van der Waals surface area contributed by atoms with Crippen molar-refractivity contribution < 1.29 is 13.9 Å². The van der Waals surface area contributed by atoms with Crippen LogP contribution in [-0.2, 0) is 11.2 Å². The van der Waals surface area contributed by atoms with Gasteiger partial charge in [-0.05, 0) is 18.2 Å². The quantitative estimate of drug-likeness (QED) is 0.468. The minimum absolute atomic E-state index is 0.165. The first-order valence-electron chi connectivity index (χ1n) is 8.61. The van der Waals surface area contributed by atoms with Gasteiger partial charge < -0.3 is 14.5 Å². The molecule has 0 saturated heterocycles. The molecular weight excluding hydrogens is 400 g/mol. The number of nitrogens with one attached hydrogen (secondary N) is 1. The second-order valence-corrected chi connectivity index (χ2v) is 7.39. The Morgan fingerprint density at radius 2 is 2.14 bits per heavy atom. The molecule has 28 heavy (non-hydrogen) atoms. The van der Waals surface area contributed by atoms with Gasteiger partial charge in [0.05, 0.1) is 35.8 Å². The Hall–Kier alpha value is -2.71. The molecule has 0 fully saturated rings. The average Bonchev–Trinajstić information content (AvgIpc) is 3.28. The summed E-state index contributed by atoms with van der Waals surface area (Å²) in [7, 11) is 1.54. The van der Waals surface area contributed by atoms with E-state index in [9.17, 15) is 4.79 Å². The van der Waals surface area contributed by atoms with E-state index in [4.69, 9.17) is 20.8 Å². The van der Waals surface area contributed by atoms with Crippen molar-refractivity contribution in [2.75, 3.05) is 18.2 Å². The van der Waals surface area contributed by atoms with E-state index in [0.717, 1.165) is 28.9 Å². The van der Waals surface area contributed by atoms with Crippen molar-refractivity contribution in [2.45, 2.75) is 18.4 Å². The first kappa shape index (κ1) is 18.6. The summed E-state index contributed by atoms with van der Waals surface area (Å²) in [5.74, 6) is 1.35. The molecule has 144 valence electrons. The normalized spacial score (nSPS) is 11.2. The fourth-order valence-corrected chi connectivity index (χ4v) is 3.90. The molecule has 0 atom stereocenters. The lowest BCUT2D eigenvalue weighted by molar-refractivity contribution is -0.113. The van der Waals surface area contributed by atoms with Crippen molar-refractivity contribution in [2.24, 2.45) is 0 Å². The largest absolute Gasteiger partial charge is 0.495 e. The van der Waals surface area contributed by atoms with Gasteiger partial charge in [-0.2, -0.15) is 0 Å². The molecule has 3 aromatic heterocycles. The number of benzene rings is 1. The van der Waals surface area contributed by atoms with Gasteiger partial charge in [-0.25, -0.2) is 0 Å². The van der Waals surface area contributed by atoms with E-state index in [1.165, 1.54) is 18.9 Å². The number of ether oxygens (including phenoxy) is 1. The van der Waals surface area contributed by atoms with Crippen LogP contribution in [0.5, 0.6) is 5.75 Å². The van der Waals surface area contributed by atoms with Crippen LogP contribution in [0.3, 0.4) is 0 Å². The molecule has 0 aliphatic heterocycles. The van der Waals surface area contributed by atoms with Gasteiger partial charge in [0.2, 0.25) is 5.91 Å². The van der Waals surface area contributed by atoms with Crippen LogP contribution in [0, 0.1) is 0 Å². The van der Waals surface area contributed by atoms with E-state index < -0.39 is 0 Å². The summed E-state index contributed by atoms with van der Waals surface area (Å²) in [4.78, 5) is 12.4. The predicted molar refractivity (Wildman–Crippen MR) is 109 cm³/mol. The number of hydrogen-bond donors (Lipinski definition) is 1. The molecule has 0 saturated carbocycles. The molecule has 1 amide bonds. The molecule has 1 N–H and O–H groups in total. The van der Waals surface area contributed by atoms with E-state index >= 15 is 0 Å². The molecule has 0 aliphatic carbocycles. The molecule has 4 aromatic rings. The summed E-state index contributed by atoms with van der Waals surface area (Å²) < 4.78 is 12.8. The van der Waals surface area contributed by atoms with Crippen LogP contribution in [-0.4, -0.2) is 33.4 Å². The first-order valence-corrected chi connectivity index (χ1v) is 9.97. The number of rotatable bonds is 6. The number of methoxy groups -OCH3 is 1. The molecule has 0 aliphatic rings. The van der Waals surface area contributed by atoms with Gasteiger partial charge in [-0.3, -0.25) is 9.20 Å². The topological polar surface area (TPSA) is 81.7 Å². The number of aryl methyl sites for hydroxylation is 1. The second kappa shape index (κ2) is 7.73. The number of anilines is 1. The van der Waals surface area contributed by atoms with Crippen LogP contribution in [0.15, 0.2) is 46.0 Å². The summed E-state index contributed by atoms with van der Waals surface area (Å²) in [5.41, 5.74) is 3.11. The zero-order chi connectivity index (χ0) is 19.7. The van der Waals surface area contributed by atoms with E-state index in [-0.39, 0.29) is 11.7 Å². The zero-order valence-corrected chi connectivity index (χ0v) is 16.8.